The van der Waals surface area contributed by atoms with Crippen LogP contribution in [0.15, 0.2) is 23.1 Å². The van der Waals surface area contributed by atoms with E-state index >= 15 is 0 Å². The molecule has 2 heterocycles. The van der Waals surface area contributed by atoms with Crippen LogP contribution in [0.25, 0.3) is 0 Å². The maximum absolute atomic E-state index is 12.8. The zero-order valence-corrected chi connectivity index (χ0v) is 15.2. The van der Waals surface area contributed by atoms with Crippen molar-refractivity contribution in [3.05, 3.63) is 29.3 Å². The van der Waals surface area contributed by atoms with Gasteiger partial charge in [0.15, 0.2) is 0 Å². The summed E-state index contributed by atoms with van der Waals surface area (Å²) in [4.78, 5) is 17.1. The van der Waals surface area contributed by atoms with E-state index in [1.807, 2.05) is 18.9 Å². The first-order chi connectivity index (χ1) is 11.4. The summed E-state index contributed by atoms with van der Waals surface area (Å²) < 4.78 is 27.0. The first-order valence-electron chi connectivity index (χ1n) is 8.48. The SMILES string of the molecule is Cc1ccc(S(=O)(=O)N2CCCC2)cc1C(=O)N1CCN(C)CC1. The van der Waals surface area contributed by atoms with Crippen LogP contribution in [0.1, 0.15) is 28.8 Å². The van der Waals surface area contributed by atoms with E-state index in [0.717, 1.165) is 31.5 Å². The molecular formula is C17H25N3O3S. The van der Waals surface area contributed by atoms with Crippen molar-refractivity contribution in [3.8, 4) is 0 Å². The zero-order valence-electron chi connectivity index (χ0n) is 14.4. The Morgan fingerprint density at radius 1 is 1.00 bits per heavy atom. The number of likely N-dealkylation sites (N-methyl/N-ethyl adjacent to an activating group) is 1. The molecule has 0 spiro atoms. The van der Waals surface area contributed by atoms with Crippen molar-refractivity contribution in [2.45, 2.75) is 24.7 Å². The lowest BCUT2D eigenvalue weighted by Gasteiger charge is -2.32. The molecule has 132 valence electrons. The van der Waals surface area contributed by atoms with Crippen LogP contribution in [0.5, 0.6) is 0 Å². The highest BCUT2D eigenvalue weighted by Gasteiger charge is 2.29. The smallest absolute Gasteiger partial charge is 0.254 e. The fourth-order valence-electron chi connectivity index (χ4n) is 3.25. The van der Waals surface area contributed by atoms with Gasteiger partial charge in [0.25, 0.3) is 5.91 Å². The van der Waals surface area contributed by atoms with Gasteiger partial charge in [-0.15, -0.1) is 0 Å². The quantitative estimate of drug-likeness (QED) is 0.820. The number of hydrogen-bond acceptors (Lipinski definition) is 4. The lowest BCUT2D eigenvalue weighted by Crippen LogP contribution is -2.47. The van der Waals surface area contributed by atoms with Gasteiger partial charge in [-0.05, 0) is 44.5 Å². The summed E-state index contributed by atoms with van der Waals surface area (Å²) in [6.07, 6.45) is 1.80. The summed E-state index contributed by atoms with van der Waals surface area (Å²) in [6.45, 7) is 6.04. The van der Waals surface area contributed by atoms with Gasteiger partial charge in [-0.1, -0.05) is 6.07 Å². The highest BCUT2D eigenvalue weighted by molar-refractivity contribution is 7.89. The number of hydrogen-bond donors (Lipinski definition) is 0. The number of benzene rings is 1. The van der Waals surface area contributed by atoms with E-state index in [1.54, 1.807) is 18.2 Å². The maximum Gasteiger partial charge on any atom is 0.254 e. The van der Waals surface area contributed by atoms with Crippen LogP contribution < -0.4 is 0 Å². The van der Waals surface area contributed by atoms with Crippen molar-refractivity contribution in [1.29, 1.82) is 0 Å². The molecule has 0 aromatic heterocycles. The van der Waals surface area contributed by atoms with E-state index in [1.165, 1.54) is 4.31 Å². The Hall–Kier alpha value is -1.44. The Morgan fingerprint density at radius 3 is 2.25 bits per heavy atom. The van der Waals surface area contributed by atoms with Gasteiger partial charge in [0.1, 0.15) is 0 Å². The first-order valence-corrected chi connectivity index (χ1v) is 9.92. The van der Waals surface area contributed by atoms with Crippen molar-refractivity contribution in [3.63, 3.8) is 0 Å². The monoisotopic (exact) mass is 351 g/mol. The average molecular weight is 351 g/mol. The molecule has 2 fully saturated rings. The van der Waals surface area contributed by atoms with Crippen LogP contribution in [0.3, 0.4) is 0 Å². The van der Waals surface area contributed by atoms with Crippen LogP contribution in [-0.4, -0.2) is 74.7 Å². The molecule has 24 heavy (non-hydrogen) atoms. The molecule has 0 radical (unpaired) electrons. The first kappa shape index (κ1) is 17.4. The predicted octanol–water partition coefficient (Wildman–Crippen LogP) is 1.17. The molecule has 0 bridgehead atoms. The van der Waals surface area contributed by atoms with Gasteiger partial charge >= 0.3 is 0 Å². The Labute approximate surface area is 144 Å². The normalized spacial score (nSPS) is 20.5. The highest BCUT2D eigenvalue weighted by atomic mass is 32.2. The molecule has 7 heteroatoms. The summed E-state index contributed by atoms with van der Waals surface area (Å²) in [6, 6.07) is 4.92. The number of piperazine rings is 1. The molecule has 0 aliphatic carbocycles. The maximum atomic E-state index is 12.8. The molecule has 2 saturated heterocycles. The number of amides is 1. The van der Waals surface area contributed by atoms with Crippen LogP contribution in [0, 0.1) is 6.92 Å². The van der Waals surface area contributed by atoms with Gasteiger partial charge in [0.2, 0.25) is 10.0 Å². The van der Waals surface area contributed by atoms with Gasteiger partial charge < -0.3 is 9.80 Å². The van der Waals surface area contributed by atoms with E-state index in [0.29, 0.717) is 31.7 Å². The van der Waals surface area contributed by atoms with Gasteiger partial charge in [-0.3, -0.25) is 4.79 Å². The Bertz CT molecular complexity index is 719. The number of aryl methyl sites for hydroxylation is 1. The van der Waals surface area contributed by atoms with Crippen molar-refractivity contribution < 1.29 is 13.2 Å². The summed E-state index contributed by atoms with van der Waals surface area (Å²) in [5.41, 5.74) is 1.32. The standard InChI is InChI=1S/C17H25N3O3S/c1-14-5-6-15(24(22,23)20-7-3-4-8-20)13-16(14)17(21)19-11-9-18(2)10-12-19/h5-6,13H,3-4,7-12H2,1-2H3. The second kappa shape index (κ2) is 6.82. The lowest BCUT2D eigenvalue weighted by atomic mass is 10.1. The molecular weight excluding hydrogens is 326 g/mol. The third-order valence-electron chi connectivity index (χ3n) is 4.93. The van der Waals surface area contributed by atoms with Crippen molar-refractivity contribution in [2.75, 3.05) is 46.3 Å². The van der Waals surface area contributed by atoms with Crippen LogP contribution >= 0.6 is 0 Å². The minimum Gasteiger partial charge on any atom is -0.336 e. The molecule has 2 aliphatic rings. The minimum atomic E-state index is -3.50. The third kappa shape index (κ3) is 3.34. The van der Waals surface area contributed by atoms with Gasteiger partial charge in [-0.25, -0.2) is 8.42 Å². The molecule has 2 aliphatic heterocycles. The summed E-state index contributed by atoms with van der Waals surface area (Å²) in [5.74, 6) is -0.0703. The molecule has 3 rings (SSSR count). The van der Waals surface area contributed by atoms with Crippen LogP contribution in [-0.2, 0) is 10.0 Å². The van der Waals surface area contributed by atoms with Gasteiger partial charge in [0.05, 0.1) is 4.90 Å². The lowest BCUT2D eigenvalue weighted by molar-refractivity contribution is 0.0663. The molecule has 0 unspecified atom stereocenters. The second-order valence-corrected chi connectivity index (χ2v) is 8.62. The predicted molar refractivity (Wildman–Crippen MR) is 92.6 cm³/mol. The number of rotatable bonds is 3. The van der Waals surface area contributed by atoms with E-state index in [9.17, 15) is 13.2 Å². The molecule has 6 nitrogen and oxygen atoms in total. The Kier molecular flexibility index (Phi) is 4.94. The van der Waals surface area contributed by atoms with Crippen molar-refractivity contribution in [2.24, 2.45) is 0 Å². The largest absolute Gasteiger partial charge is 0.336 e. The number of carbonyl (C=O) groups excluding carboxylic acids is 1. The van der Waals surface area contributed by atoms with E-state index in [2.05, 4.69) is 4.90 Å². The minimum absolute atomic E-state index is 0.0703. The summed E-state index contributed by atoms with van der Waals surface area (Å²) in [7, 11) is -1.46. The van der Waals surface area contributed by atoms with Gasteiger partial charge in [0, 0.05) is 44.8 Å². The summed E-state index contributed by atoms with van der Waals surface area (Å²) >= 11 is 0. The molecule has 0 saturated carbocycles. The second-order valence-electron chi connectivity index (χ2n) is 6.68. The Morgan fingerprint density at radius 2 is 1.62 bits per heavy atom. The molecule has 1 aromatic carbocycles. The Balaban J connectivity index is 1.87. The zero-order chi connectivity index (χ0) is 17.3. The van der Waals surface area contributed by atoms with Crippen molar-refractivity contribution >= 4 is 15.9 Å². The molecule has 0 atom stereocenters. The summed E-state index contributed by atoms with van der Waals surface area (Å²) in [5, 5.41) is 0. The van der Waals surface area contributed by atoms with E-state index in [4.69, 9.17) is 0 Å². The van der Waals surface area contributed by atoms with E-state index < -0.39 is 10.0 Å². The fourth-order valence-corrected chi connectivity index (χ4v) is 4.79. The average Bonchev–Trinajstić information content (AvgIpc) is 3.10. The topological polar surface area (TPSA) is 60.9 Å². The highest BCUT2D eigenvalue weighted by Crippen LogP contribution is 2.24. The molecule has 0 N–H and O–H groups in total. The number of nitrogens with zero attached hydrogens (tertiary/aromatic N) is 3. The molecule has 1 amide bonds. The fraction of sp³-hybridized carbons (Fsp3) is 0.588. The third-order valence-corrected chi connectivity index (χ3v) is 6.83. The molecule has 1 aromatic rings. The van der Waals surface area contributed by atoms with Crippen LogP contribution in [0.2, 0.25) is 0 Å². The van der Waals surface area contributed by atoms with E-state index in [-0.39, 0.29) is 10.8 Å². The van der Waals surface area contributed by atoms with Gasteiger partial charge in [-0.2, -0.15) is 4.31 Å². The number of sulfonamides is 1. The number of carbonyl (C=O) groups is 1. The van der Waals surface area contributed by atoms with Crippen LogP contribution in [0.4, 0.5) is 0 Å². The van der Waals surface area contributed by atoms with Crippen molar-refractivity contribution in [1.82, 2.24) is 14.1 Å².